The van der Waals surface area contributed by atoms with Crippen molar-refractivity contribution in [2.75, 3.05) is 13.1 Å². The van der Waals surface area contributed by atoms with Crippen LogP contribution in [0.1, 0.15) is 19.8 Å². The van der Waals surface area contributed by atoms with Crippen molar-refractivity contribution in [2.45, 2.75) is 25.4 Å². The van der Waals surface area contributed by atoms with Gasteiger partial charge in [0.25, 0.3) is 0 Å². The Morgan fingerprint density at radius 2 is 1.82 bits per heavy atom. The number of hydrogen-bond donors (Lipinski definition) is 1. The largest absolute Gasteiger partial charge is 0.484 e. The summed E-state index contributed by atoms with van der Waals surface area (Å²) in [5.74, 6) is 1.06. The first-order valence-electron chi connectivity index (χ1n) is 5.60. The lowest BCUT2D eigenvalue weighted by Crippen LogP contribution is -2.33. The number of nitrogens with one attached hydrogen (secondary N) is 1. The Bertz CT molecular complexity index is 395. The van der Waals surface area contributed by atoms with E-state index in [0.717, 1.165) is 31.7 Å². The molecule has 0 unspecified atom stereocenters. The van der Waals surface area contributed by atoms with Gasteiger partial charge in [-0.15, -0.1) is 0 Å². The SMILES string of the molecule is CCNCC1(Oc2c(I)cc(I)cc2I)CC1. The van der Waals surface area contributed by atoms with Gasteiger partial charge < -0.3 is 10.1 Å². The minimum atomic E-state index is 0.0582. The summed E-state index contributed by atoms with van der Waals surface area (Å²) in [5.41, 5.74) is 0.0582. The van der Waals surface area contributed by atoms with E-state index >= 15 is 0 Å². The van der Waals surface area contributed by atoms with Gasteiger partial charge in [-0.05, 0) is 99.3 Å². The molecule has 0 bridgehead atoms. The van der Waals surface area contributed by atoms with E-state index in [1.165, 1.54) is 10.7 Å². The molecule has 1 aliphatic rings. The molecule has 0 amide bonds. The zero-order chi connectivity index (χ0) is 12.5. The molecule has 1 aromatic carbocycles. The Hall–Kier alpha value is 1.17. The van der Waals surface area contributed by atoms with Gasteiger partial charge in [-0.25, -0.2) is 0 Å². The average Bonchev–Trinajstić information content (AvgIpc) is 3.01. The predicted molar refractivity (Wildman–Crippen MR) is 95.7 cm³/mol. The maximum absolute atomic E-state index is 6.25. The Balaban J connectivity index is 2.13. The van der Waals surface area contributed by atoms with Crippen molar-refractivity contribution in [1.82, 2.24) is 5.32 Å². The van der Waals surface area contributed by atoms with Crippen LogP contribution in [0.25, 0.3) is 0 Å². The van der Waals surface area contributed by atoms with Crippen molar-refractivity contribution >= 4 is 67.8 Å². The van der Waals surface area contributed by atoms with E-state index in [4.69, 9.17) is 4.74 Å². The molecule has 17 heavy (non-hydrogen) atoms. The van der Waals surface area contributed by atoms with Crippen LogP contribution >= 0.6 is 67.8 Å². The maximum Gasteiger partial charge on any atom is 0.146 e. The van der Waals surface area contributed by atoms with E-state index in [0.29, 0.717) is 0 Å². The first-order valence-corrected chi connectivity index (χ1v) is 8.84. The van der Waals surface area contributed by atoms with Gasteiger partial charge in [0, 0.05) is 10.1 Å². The molecule has 2 nitrogen and oxygen atoms in total. The van der Waals surface area contributed by atoms with Crippen molar-refractivity contribution in [2.24, 2.45) is 0 Å². The first-order chi connectivity index (χ1) is 8.06. The molecule has 0 heterocycles. The summed E-state index contributed by atoms with van der Waals surface area (Å²) in [4.78, 5) is 0. The highest BCUT2D eigenvalue weighted by molar-refractivity contribution is 14.1. The summed E-state index contributed by atoms with van der Waals surface area (Å²) < 4.78 is 9.93. The van der Waals surface area contributed by atoms with Gasteiger partial charge in [-0.2, -0.15) is 0 Å². The van der Waals surface area contributed by atoms with E-state index in [1.807, 2.05) is 0 Å². The summed E-state index contributed by atoms with van der Waals surface area (Å²) in [6.07, 6.45) is 2.33. The maximum atomic E-state index is 6.25. The van der Waals surface area contributed by atoms with Crippen molar-refractivity contribution < 1.29 is 4.74 Å². The minimum absolute atomic E-state index is 0.0582. The van der Waals surface area contributed by atoms with Gasteiger partial charge in [0.15, 0.2) is 0 Å². The fraction of sp³-hybridized carbons (Fsp3) is 0.500. The number of rotatable bonds is 5. The number of ether oxygens (including phenoxy) is 1. The third-order valence-corrected chi connectivity index (χ3v) is 5.01. The van der Waals surface area contributed by atoms with Crippen LogP contribution in [0.4, 0.5) is 0 Å². The smallest absolute Gasteiger partial charge is 0.146 e. The highest BCUT2D eigenvalue weighted by atomic mass is 127. The van der Waals surface area contributed by atoms with Crippen LogP contribution in [0.5, 0.6) is 5.75 Å². The second kappa shape index (κ2) is 6.08. The normalized spacial score (nSPS) is 16.9. The molecule has 94 valence electrons. The lowest BCUT2D eigenvalue weighted by molar-refractivity contribution is 0.173. The minimum Gasteiger partial charge on any atom is -0.484 e. The summed E-state index contributed by atoms with van der Waals surface area (Å²) in [6.45, 7) is 4.10. The Morgan fingerprint density at radius 3 is 2.29 bits per heavy atom. The molecule has 1 aromatic rings. The van der Waals surface area contributed by atoms with E-state index in [2.05, 4.69) is 92.1 Å². The zero-order valence-corrected chi connectivity index (χ0v) is 16.0. The van der Waals surface area contributed by atoms with Crippen molar-refractivity contribution in [3.05, 3.63) is 22.8 Å². The molecule has 1 N–H and O–H groups in total. The molecule has 0 aliphatic heterocycles. The molecule has 0 atom stereocenters. The first kappa shape index (κ1) is 14.6. The van der Waals surface area contributed by atoms with Gasteiger partial charge in [-0.3, -0.25) is 0 Å². The highest BCUT2D eigenvalue weighted by Gasteiger charge is 2.45. The molecule has 1 aliphatic carbocycles. The fourth-order valence-corrected chi connectivity index (χ4v) is 5.45. The highest BCUT2D eigenvalue weighted by Crippen LogP contribution is 2.42. The number of halogens is 3. The fourth-order valence-electron chi connectivity index (χ4n) is 1.65. The van der Waals surface area contributed by atoms with Crippen molar-refractivity contribution in [3.63, 3.8) is 0 Å². The van der Waals surface area contributed by atoms with Gasteiger partial charge in [0.05, 0.1) is 7.14 Å². The summed E-state index contributed by atoms with van der Waals surface area (Å²) in [5, 5.41) is 3.39. The Labute approximate surface area is 143 Å². The zero-order valence-electron chi connectivity index (χ0n) is 9.53. The topological polar surface area (TPSA) is 21.3 Å². The van der Waals surface area contributed by atoms with Gasteiger partial charge in [-0.1, -0.05) is 6.92 Å². The van der Waals surface area contributed by atoms with Crippen LogP contribution in [0, 0.1) is 10.7 Å². The Kier molecular flexibility index (Phi) is 5.21. The Morgan fingerprint density at radius 1 is 1.24 bits per heavy atom. The molecule has 0 saturated heterocycles. The predicted octanol–water partition coefficient (Wildman–Crippen LogP) is 4.02. The van der Waals surface area contributed by atoms with Crippen molar-refractivity contribution in [1.29, 1.82) is 0 Å². The summed E-state index contributed by atoms with van der Waals surface area (Å²) >= 11 is 7.07. The quantitative estimate of drug-likeness (QED) is 0.542. The number of benzene rings is 1. The summed E-state index contributed by atoms with van der Waals surface area (Å²) in [7, 11) is 0. The van der Waals surface area contributed by atoms with E-state index in [9.17, 15) is 0 Å². The van der Waals surface area contributed by atoms with Crippen LogP contribution in [-0.2, 0) is 0 Å². The molecule has 0 radical (unpaired) electrons. The monoisotopic (exact) mass is 569 g/mol. The summed E-state index contributed by atoms with van der Waals surface area (Å²) in [6, 6.07) is 4.34. The molecule has 2 rings (SSSR count). The average molecular weight is 569 g/mol. The third kappa shape index (κ3) is 3.82. The van der Waals surface area contributed by atoms with Gasteiger partial charge in [0.2, 0.25) is 0 Å². The standard InChI is InChI=1S/C12H14I3NO/c1-2-16-7-12(3-4-12)17-11-9(14)5-8(13)6-10(11)15/h5-6,16H,2-4,7H2,1H3. The van der Waals surface area contributed by atoms with E-state index in [-0.39, 0.29) is 5.60 Å². The van der Waals surface area contributed by atoms with E-state index < -0.39 is 0 Å². The van der Waals surface area contributed by atoms with Crippen LogP contribution in [-0.4, -0.2) is 18.7 Å². The molecule has 0 aromatic heterocycles. The molecule has 5 heteroatoms. The van der Waals surface area contributed by atoms with Crippen molar-refractivity contribution in [3.8, 4) is 5.75 Å². The van der Waals surface area contributed by atoms with E-state index in [1.54, 1.807) is 0 Å². The second-order valence-electron chi connectivity index (χ2n) is 4.26. The molecule has 0 spiro atoms. The lowest BCUT2D eigenvalue weighted by atomic mass is 10.3. The number of likely N-dealkylation sites (N-methyl/N-ethyl adjacent to an activating group) is 1. The van der Waals surface area contributed by atoms with Crippen LogP contribution in [0.3, 0.4) is 0 Å². The van der Waals surface area contributed by atoms with Gasteiger partial charge in [0.1, 0.15) is 11.4 Å². The second-order valence-corrected chi connectivity index (χ2v) is 7.83. The van der Waals surface area contributed by atoms with Gasteiger partial charge >= 0.3 is 0 Å². The van der Waals surface area contributed by atoms with Crippen LogP contribution in [0.15, 0.2) is 12.1 Å². The molecular formula is C12H14I3NO. The van der Waals surface area contributed by atoms with Crippen LogP contribution in [0.2, 0.25) is 0 Å². The molecule has 1 fully saturated rings. The third-order valence-electron chi connectivity index (χ3n) is 2.79. The lowest BCUT2D eigenvalue weighted by Gasteiger charge is -2.20. The molecular weight excluding hydrogens is 555 g/mol. The van der Waals surface area contributed by atoms with Crippen LogP contribution < -0.4 is 10.1 Å². The molecule has 1 saturated carbocycles. The number of hydrogen-bond acceptors (Lipinski definition) is 2.